The van der Waals surface area contributed by atoms with Crippen LogP contribution in [-0.2, 0) is 16.1 Å². The van der Waals surface area contributed by atoms with Crippen LogP contribution >= 0.6 is 12.2 Å². The molecule has 1 rings (SSSR count). The summed E-state index contributed by atoms with van der Waals surface area (Å²) in [5, 5.41) is 2.35. The van der Waals surface area contributed by atoms with E-state index in [4.69, 9.17) is 10.5 Å². The van der Waals surface area contributed by atoms with Crippen molar-refractivity contribution >= 4 is 29.0 Å². The lowest BCUT2D eigenvalue weighted by molar-refractivity contribution is -0.145. The first-order chi connectivity index (χ1) is 9.43. The van der Waals surface area contributed by atoms with Crippen molar-refractivity contribution in [2.75, 3.05) is 20.7 Å². The Balaban J connectivity index is 2.55. The van der Waals surface area contributed by atoms with Gasteiger partial charge in [0.05, 0.1) is 18.6 Å². The molecule has 0 spiro atoms. The summed E-state index contributed by atoms with van der Waals surface area (Å²) < 4.78 is 5.05. The van der Waals surface area contributed by atoms with E-state index in [2.05, 4.69) is 17.5 Å². The minimum atomic E-state index is -0.728. The average molecular weight is 295 g/mol. The molecule has 0 aromatic heterocycles. The van der Waals surface area contributed by atoms with Crippen molar-refractivity contribution in [2.24, 2.45) is 5.73 Å². The second kappa shape index (κ2) is 7.44. The molecule has 0 unspecified atom stereocenters. The van der Waals surface area contributed by atoms with E-state index in [1.807, 2.05) is 12.1 Å². The number of hydrogen-bond acceptors (Lipinski definition) is 4. The number of thiocarbonyl (C=S) groups is 1. The van der Waals surface area contributed by atoms with Crippen molar-refractivity contribution in [3.8, 4) is 5.75 Å². The summed E-state index contributed by atoms with van der Waals surface area (Å²) in [5.41, 5.74) is 6.14. The maximum absolute atomic E-state index is 11.8. The normalized spacial score (nSPS) is 9.70. The molecule has 1 aromatic rings. The summed E-state index contributed by atoms with van der Waals surface area (Å²) in [6.07, 6.45) is 0. The minimum Gasteiger partial charge on any atom is -0.497 e. The fraction of sp³-hybridized carbons (Fsp3) is 0.308. The van der Waals surface area contributed by atoms with E-state index in [1.165, 1.54) is 4.90 Å². The van der Waals surface area contributed by atoms with Gasteiger partial charge in [0.1, 0.15) is 5.75 Å². The number of carbonyl (C=O) groups excluding carboxylic acids is 2. The Morgan fingerprint density at radius 1 is 1.35 bits per heavy atom. The first-order valence-electron chi connectivity index (χ1n) is 5.88. The van der Waals surface area contributed by atoms with Gasteiger partial charge in [-0.25, -0.2) is 0 Å². The number of hydrogen-bond donors (Lipinski definition) is 2. The Kier molecular flexibility index (Phi) is 5.92. The highest BCUT2D eigenvalue weighted by atomic mass is 32.1. The van der Waals surface area contributed by atoms with Gasteiger partial charge in [0, 0.05) is 13.6 Å². The van der Waals surface area contributed by atoms with E-state index in [0.717, 1.165) is 11.3 Å². The van der Waals surface area contributed by atoms with Crippen LogP contribution in [0.3, 0.4) is 0 Å². The fourth-order valence-corrected chi connectivity index (χ4v) is 1.57. The zero-order valence-corrected chi connectivity index (χ0v) is 12.2. The van der Waals surface area contributed by atoms with Gasteiger partial charge in [-0.2, -0.15) is 0 Å². The topological polar surface area (TPSA) is 84.7 Å². The molecule has 0 fully saturated rings. The predicted octanol–water partition coefficient (Wildman–Crippen LogP) is 0.0559. The third-order valence-electron chi connectivity index (χ3n) is 2.54. The van der Waals surface area contributed by atoms with Gasteiger partial charge in [0.15, 0.2) is 0 Å². The number of nitrogens with two attached hydrogens (primary N) is 1. The Bertz CT molecular complexity index is 502. The molecule has 0 aliphatic carbocycles. The minimum absolute atomic E-state index is 0.0102. The third-order valence-corrected chi connectivity index (χ3v) is 2.69. The Morgan fingerprint density at radius 3 is 2.45 bits per heavy atom. The largest absolute Gasteiger partial charge is 0.497 e. The maximum atomic E-state index is 11.8. The van der Waals surface area contributed by atoms with Crippen molar-refractivity contribution < 1.29 is 14.3 Å². The molecule has 0 saturated heterocycles. The molecule has 0 radical (unpaired) electrons. The second-order valence-corrected chi connectivity index (χ2v) is 4.68. The number of methoxy groups -OCH3 is 1. The first-order valence-corrected chi connectivity index (χ1v) is 6.29. The smallest absolute Gasteiger partial charge is 0.311 e. The van der Waals surface area contributed by atoms with Crippen LogP contribution in [0, 0.1) is 0 Å². The molecule has 0 bridgehead atoms. The molecule has 2 amide bonds. The molecule has 0 heterocycles. The van der Waals surface area contributed by atoms with Crippen LogP contribution in [0.4, 0.5) is 0 Å². The fourth-order valence-electron chi connectivity index (χ4n) is 1.49. The van der Waals surface area contributed by atoms with E-state index in [9.17, 15) is 9.59 Å². The van der Waals surface area contributed by atoms with Gasteiger partial charge in [-0.05, 0) is 17.7 Å². The predicted molar refractivity (Wildman–Crippen MR) is 79.3 cm³/mol. The van der Waals surface area contributed by atoms with Gasteiger partial charge in [0.25, 0.3) is 0 Å². The van der Waals surface area contributed by atoms with E-state index in [1.54, 1.807) is 26.3 Å². The molecule has 6 nitrogen and oxygen atoms in total. The Morgan fingerprint density at radius 2 is 1.95 bits per heavy atom. The summed E-state index contributed by atoms with van der Waals surface area (Å²) in [4.78, 5) is 24.8. The Labute approximate surface area is 122 Å². The SMILES string of the molecule is COc1ccc(CN(C)C(=O)C(=O)NCC(N)=S)cc1. The van der Waals surface area contributed by atoms with E-state index < -0.39 is 11.8 Å². The summed E-state index contributed by atoms with van der Waals surface area (Å²) >= 11 is 4.62. The van der Waals surface area contributed by atoms with Gasteiger partial charge < -0.3 is 20.7 Å². The number of rotatable bonds is 5. The summed E-state index contributed by atoms with van der Waals surface area (Å²) in [5.74, 6) is -0.636. The van der Waals surface area contributed by atoms with Crippen LogP contribution in [0.1, 0.15) is 5.56 Å². The zero-order chi connectivity index (χ0) is 15.1. The van der Waals surface area contributed by atoms with Gasteiger partial charge in [0.2, 0.25) is 0 Å². The molecule has 0 atom stereocenters. The number of amides is 2. The van der Waals surface area contributed by atoms with E-state index in [-0.39, 0.29) is 11.5 Å². The molecule has 108 valence electrons. The summed E-state index contributed by atoms with van der Waals surface area (Å²) in [6.45, 7) is 0.333. The van der Waals surface area contributed by atoms with Crippen LogP contribution in [0.2, 0.25) is 0 Å². The van der Waals surface area contributed by atoms with Gasteiger partial charge in [-0.1, -0.05) is 24.4 Å². The van der Waals surface area contributed by atoms with Crippen LogP contribution in [0.25, 0.3) is 0 Å². The molecule has 0 aliphatic rings. The molecule has 7 heteroatoms. The van der Waals surface area contributed by atoms with E-state index in [0.29, 0.717) is 6.54 Å². The zero-order valence-electron chi connectivity index (χ0n) is 11.4. The average Bonchev–Trinajstić information content (AvgIpc) is 2.44. The van der Waals surface area contributed by atoms with Crippen LogP contribution in [0.15, 0.2) is 24.3 Å². The van der Waals surface area contributed by atoms with Crippen LogP contribution in [0.5, 0.6) is 5.75 Å². The van der Waals surface area contributed by atoms with Gasteiger partial charge >= 0.3 is 11.8 Å². The Hall–Kier alpha value is -2.15. The third kappa shape index (κ3) is 4.85. The monoisotopic (exact) mass is 295 g/mol. The molecule has 0 saturated carbocycles. The lowest BCUT2D eigenvalue weighted by Crippen LogP contribution is -2.43. The molecule has 3 N–H and O–H groups in total. The van der Waals surface area contributed by atoms with Crippen molar-refractivity contribution in [1.82, 2.24) is 10.2 Å². The highest BCUT2D eigenvalue weighted by Gasteiger charge is 2.18. The number of nitrogens with zero attached hydrogens (tertiary/aromatic N) is 1. The standard InChI is InChI=1S/C13H17N3O3S/c1-16(13(18)12(17)15-7-11(14)20)8-9-3-5-10(19-2)6-4-9/h3-6H,7-8H2,1-2H3,(H2,14,20)(H,15,17). The second-order valence-electron chi connectivity index (χ2n) is 4.16. The number of carbonyl (C=O) groups is 2. The number of benzene rings is 1. The molecule has 0 aliphatic heterocycles. The molecular formula is C13H17N3O3S. The van der Waals surface area contributed by atoms with Crippen molar-refractivity contribution in [3.63, 3.8) is 0 Å². The number of nitrogens with one attached hydrogen (secondary N) is 1. The van der Waals surface area contributed by atoms with Crippen LogP contribution in [-0.4, -0.2) is 42.4 Å². The number of ether oxygens (including phenoxy) is 1. The maximum Gasteiger partial charge on any atom is 0.311 e. The summed E-state index contributed by atoms with van der Waals surface area (Å²) in [7, 11) is 3.13. The van der Waals surface area contributed by atoms with Gasteiger partial charge in [-0.3, -0.25) is 9.59 Å². The van der Waals surface area contributed by atoms with Gasteiger partial charge in [-0.15, -0.1) is 0 Å². The highest BCUT2D eigenvalue weighted by Crippen LogP contribution is 2.12. The van der Waals surface area contributed by atoms with Crippen molar-refractivity contribution in [3.05, 3.63) is 29.8 Å². The first kappa shape index (κ1) is 15.9. The van der Waals surface area contributed by atoms with Crippen LogP contribution < -0.4 is 15.8 Å². The quantitative estimate of drug-likeness (QED) is 0.592. The van der Waals surface area contributed by atoms with Crippen molar-refractivity contribution in [1.29, 1.82) is 0 Å². The van der Waals surface area contributed by atoms with E-state index >= 15 is 0 Å². The number of likely N-dealkylation sites (N-methyl/N-ethyl adjacent to an activating group) is 1. The van der Waals surface area contributed by atoms with Crippen molar-refractivity contribution in [2.45, 2.75) is 6.54 Å². The lowest BCUT2D eigenvalue weighted by atomic mass is 10.2. The highest BCUT2D eigenvalue weighted by molar-refractivity contribution is 7.80. The lowest BCUT2D eigenvalue weighted by Gasteiger charge is -2.16. The molecule has 20 heavy (non-hydrogen) atoms. The molecule has 1 aromatic carbocycles. The summed E-state index contributed by atoms with van der Waals surface area (Å²) in [6, 6.07) is 7.24. The molecular weight excluding hydrogens is 278 g/mol.